The van der Waals surface area contributed by atoms with Crippen molar-refractivity contribution in [1.29, 1.82) is 0 Å². The lowest BCUT2D eigenvalue weighted by atomic mass is 10.0. The molecule has 0 aliphatic heterocycles. The minimum Gasteiger partial charge on any atom is -0.347 e. The molecular formula is C20H29N3O3. The largest absolute Gasteiger partial charge is 0.347 e. The smallest absolute Gasteiger partial charge is 0.247 e. The van der Waals surface area contributed by atoms with Crippen LogP contribution in [0.4, 0.5) is 5.69 Å². The number of anilines is 1. The van der Waals surface area contributed by atoms with E-state index < -0.39 is 6.04 Å². The number of nitrogens with one attached hydrogen (secondary N) is 2. The molecule has 0 saturated carbocycles. The van der Waals surface area contributed by atoms with E-state index in [9.17, 15) is 14.4 Å². The summed E-state index contributed by atoms with van der Waals surface area (Å²) in [6, 6.07) is 6.80. The SMILES string of the molecule is C=CC(=O)Nc1ccc(CCC(=O)NC(CC(C)C)C(=O)N(C)C)cc1. The summed E-state index contributed by atoms with van der Waals surface area (Å²) < 4.78 is 0. The first kappa shape index (κ1) is 21.4. The molecule has 6 heteroatoms. The number of rotatable bonds is 9. The van der Waals surface area contributed by atoms with Crippen LogP contribution in [0.25, 0.3) is 0 Å². The van der Waals surface area contributed by atoms with E-state index in [1.165, 1.54) is 11.0 Å². The van der Waals surface area contributed by atoms with Gasteiger partial charge in [-0.2, -0.15) is 0 Å². The Kier molecular flexibility index (Phi) is 8.55. The van der Waals surface area contributed by atoms with E-state index in [2.05, 4.69) is 17.2 Å². The van der Waals surface area contributed by atoms with E-state index in [1.807, 2.05) is 26.0 Å². The molecule has 6 nitrogen and oxygen atoms in total. The lowest BCUT2D eigenvalue weighted by Crippen LogP contribution is -2.47. The molecule has 3 amide bonds. The van der Waals surface area contributed by atoms with Gasteiger partial charge in [0.1, 0.15) is 6.04 Å². The van der Waals surface area contributed by atoms with Gasteiger partial charge in [-0.15, -0.1) is 0 Å². The number of benzene rings is 1. The van der Waals surface area contributed by atoms with Gasteiger partial charge in [0.25, 0.3) is 0 Å². The number of carbonyl (C=O) groups is 3. The van der Waals surface area contributed by atoms with Crippen molar-refractivity contribution in [3.8, 4) is 0 Å². The van der Waals surface area contributed by atoms with Crippen molar-refractivity contribution in [3.63, 3.8) is 0 Å². The standard InChI is InChI=1S/C20H29N3O3/c1-6-18(24)21-16-10-7-15(8-11-16)9-12-19(25)22-17(13-14(2)3)20(26)23(4)5/h6-8,10-11,14,17H,1,9,12-13H2,2-5H3,(H,21,24)(H,22,25). The molecule has 26 heavy (non-hydrogen) atoms. The molecule has 0 radical (unpaired) electrons. The van der Waals surface area contributed by atoms with Crippen molar-refractivity contribution < 1.29 is 14.4 Å². The molecule has 1 rings (SSSR count). The van der Waals surface area contributed by atoms with Gasteiger partial charge in [0.2, 0.25) is 17.7 Å². The van der Waals surface area contributed by atoms with Crippen molar-refractivity contribution in [2.45, 2.75) is 39.2 Å². The lowest BCUT2D eigenvalue weighted by molar-refractivity contribution is -0.134. The van der Waals surface area contributed by atoms with E-state index in [1.54, 1.807) is 26.2 Å². The molecular weight excluding hydrogens is 330 g/mol. The van der Waals surface area contributed by atoms with Crippen LogP contribution in [0.15, 0.2) is 36.9 Å². The van der Waals surface area contributed by atoms with Crippen molar-refractivity contribution in [2.24, 2.45) is 5.92 Å². The Bertz CT molecular complexity index is 636. The van der Waals surface area contributed by atoms with Crippen LogP contribution in [0, 0.1) is 5.92 Å². The van der Waals surface area contributed by atoms with Crippen LogP contribution in [0.1, 0.15) is 32.3 Å². The maximum atomic E-state index is 12.2. The zero-order valence-corrected chi connectivity index (χ0v) is 16.0. The highest BCUT2D eigenvalue weighted by Gasteiger charge is 2.23. The van der Waals surface area contributed by atoms with Gasteiger partial charge in [-0.3, -0.25) is 14.4 Å². The first-order chi connectivity index (χ1) is 12.2. The van der Waals surface area contributed by atoms with Gasteiger partial charge in [0.15, 0.2) is 0 Å². The van der Waals surface area contributed by atoms with Gasteiger partial charge in [0.05, 0.1) is 0 Å². The van der Waals surface area contributed by atoms with Crippen LogP contribution in [0.3, 0.4) is 0 Å². The molecule has 1 aromatic carbocycles. The molecule has 1 unspecified atom stereocenters. The second-order valence-electron chi connectivity index (χ2n) is 6.87. The first-order valence-corrected chi connectivity index (χ1v) is 8.75. The van der Waals surface area contributed by atoms with Crippen LogP contribution < -0.4 is 10.6 Å². The summed E-state index contributed by atoms with van der Waals surface area (Å²) in [4.78, 5) is 37.2. The summed E-state index contributed by atoms with van der Waals surface area (Å²) in [5.41, 5.74) is 1.66. The van der Waals surface area contributed by atoms with Crippen LogP contribution >= 0.6 is 0 Å². The number of likely N-dealkylation sites (N-methyl/N-ethyl adjacent to an activating group) is 1. The Morgan fingerprint density at radius 1 is 1.15 bits per heavy atom. The second kappa shape index (κ2) is 10.4. The van der Waals surface area contributed by atoms with Gasteiger partial charge in [-0.1, -0.05) is 32.6 Å². The highest BCUT2D eigenvalue weighted by molar-refractivity contribution is 5.98. The molecule has 0 spiro atoms. The summed E-state index contributed by atoms with van der Waals surface area (Å²) in [6.45, 7) is 7.45. The van der Waals surface area contributed by atoms with Crippen molar-refractivity contribution in [3.05, 3.63) is 42.5 Å². The zero-order valence-electron chi connectivity index (χ0n) is 16.0. The number of aryl methyl sites for hydroxylation is 1. The molecule has 142 valence electrons. The van der Waals surface area contributed by atoms with E-state index in [-0.39, 0.29) is 17.7 Å². The zero-order chi connectivity index (χ0) is 19.7. The predicted octanol–water partition coefficient (Wildman–Crippen LogP) is 2.36. The molecule has 0 bridgehead atoms. The second-order valence-corrected chi connectivity index (χ2v) is 6.87. The van der Waals surface area contributed by atoms with Crippen molar-refractivity contribution in [2.75, 3.05) is 19.4 Å². The lowest BCUT2D eigenvalue weighted by Gasteiger charge is -2.23. The van der Waals surface area contributed by atoms with E-state index in [0.29, 0.717) is 30.9 Å². The summed E-state index contributed by atoms with van der Waals surface area (Å²) >= 11 is 0. The van der Waals surface area contributed by atoms with Crippen LogP contribution in [-0.2, 0) is 20.8 Å². The van der Waals surface area contributed by atoms with Gasteiger partial charge in [0, 0.05) is 26.2 Å². The average Bonchev–Trinajstić information content (AvgIpc) is 2.59. The van der Waals surface area contributed by atoms with Crippen LogP contribution in [-0.4, -0.2) is 42.8 Å². The molecule has 0 saturated heterocycles. The fourth-order valence-corrected chi connectivity index (χ4v) is 2.48. The normalized spacial score (nSPS) is 11.6. The number of hydrogen-bond acceptors (Lipinski definition) is 3. The minimum atomic E-state index is -0.492. The van der Waals surface area contributed by atoms with Gasteiger partial charge in [-0.25, -0.2) is 0 Å². The number of carbonyl (C=O) groups excluding carboxylic acids is 3. The fraction of sp³-hybridized carbons (Fsp3) is 0.450. The Hall–Kier alpha value is -2.63. The molecule has 2 N–H and O–H groups in total. The van der Waals surface area contributed by atoms with Crippen LogP contribution in [0.5, 0.6) is 0 Å². The monoisotopic (exact) mass is 359 g/mol. The van der Waals surface area contributed by atoms with Gasteiger partial charge in [-0.05, 0) is 42.5 Å². The highest BCUT2D eigenvalue weighted by Crippen LogP contribution is 2.12. The molecule has 1 aromatic rings. The summed E-state index contributed by atoms with van der Waals surface area (Å²) in [5.74, 6) is -0.189. The average molecular weight is 359 g/mol. The summed E-state index contributed by atoms with van der Waals surface area (Å²) in [6.07, 6.45) is 2.68. The summed E-state index contributed by atoms with van der Waals surface area (Å²) in [7, 11) is 3.38. The third-order valence-electron chi connectivity index (χ3n) is 3.83. The molecule has 1 atom stereocenters. The number of nitrogens with zero attached hydrogens (tertiary/aromatic N) is 1. The van der Waals surface area contributed by atoms with E-state index >= 15 is 0 Å². The molecule has 0 aromatic heterocycles. The van der Waals surface area contributed by atoms with Gasteiger partial charge >= 0.3 is 0 Å². The van der Waals surface area contributed by atoms with Crippen LogP contribution in [0.2, 0.25) is 0 Å². The maximum Gasteiger partial charge on any atom is 0.247 e. The Labute approximate surface area is 155 Å². The maximum absolute atomic E-state index is 12.2. The van der Waals surface area contributed by atoms with E-state index in [0.717, 1.165) is 5.56 Å². The topological polar surface area (TPSA) is 78.5 Å². The molecule has 0 heterocycles. The molecule has 0 fully saturated rings. The van der Waals surface area contributed by atoms with Gasteiger partial charge < -0.3 is 15.5 Å². The fourth-order valence-electron chi connectivity index (χ4n) is 2.48. The number of hydrogen-bond donors (Lipinski definition) is 2. The number of amides is 3. The molecule has 0 aliphatic rings. The Morgan fingerprint density at radius 3 is 2.27 bits per heavy atom. The first-order valence-electron chi connectivity index (χ1n) is 8.75. The Balaban J connectivity index is 2.57. The predicted molar refractivity (Wildman–Crippen MR) is 104 cm³/mol. The quantitative estimate of drug-likeness (QED) is 0.665. The van der Waals surface area contributed by atoms with Crippen molar-refractivity contribution >= 4 is 23.4 Å². The Morgan fingerprint density at radius 2 is 1.77 bits per heavy atom. The summed E-state index contributed by atoms with van der Waals surface area (Å²) in [5, 5.41) is 5.52. The minimum absolute atomic E-state index is 0.0886. The van der Waals surface area contributed by atoms with E-state index in [4.69, 9.17) is 0 Å². The third-order valence-corrected chi connectivity index (χ3v) is 3.83. The molecule has 0 aliphatic carbocycles. The van der Waals surface area contributed by atoms with Crippen molar-refractivity contribution in [1.82, 2.24) is 10.2 Å². The third kappa shape index (κ3) is 7.51. The highest BCUT2D eigenvalue weighted by atomic mass is 16.2.